The molecule has 2 N–H and O–H groups in total. The van der Waals surface area contributed by atoms with Crippen LogP contribution in [0.2, 0.25) is 10.0 Å². The minimum absolute atomic E-state index is 0. The number of carbonyl (C=O) groups is 1. The van der Waals surface area contributed by atoms with Gasteiger partial charge in [0, 0.05) is 17.0 Å². The Morgan fingerprint density at radius 3 is 2.71 bits per heavy atom. The summed E-state index contributed by atoms with van der Waals surface area (Å²) in [6.07, 6.45) is 3.98. The second-order valence-corrected chi connectivity index (χ2v) is 6.59. The second kappa shape index (κ2) is 8.49. The van der Waals surface area contributed by atoms with Crippen LogP contribution in [-0.4, -0.2) is 30.8 Å². The second-order valence-electron chi connectivity index (χ2n) is 4.93. The molecule has 7 heteroatoms. The highest BCUT2D eigenvalue weighted by Crippen LogP contribution is 2.31. The van der Waals surface area contributed by atoms with E-state index in [4.69, 9.17) is 23.2 Å². The summed E-state index contributed by atoms with van der Waals surface area (Å²) in [6.45, 7) is 3.09. The van der Waals surface area contributed by atoms with E-state index < -0.39 is 0 Å². The molecule has 2 atom stereocenters. The van der Waals surface area contributed by atoms with Crippen molar-refractivity contribution in [2.24, 2.45) is 0 Å². The Morgan fingerprint density at radius 2 is 2.10 bits per heavy atom. The lowest BCUT2D eigenvalue weighted by atomic mass is 9.99. The fraction of sp³-hybridized carbons (Fsp3) is 0.500. The lowest BCUT2D eigenvalue weighted by Gasteiger charge is -2.30. The predicted octanol–water partition coefficient (Wildman–Crippen LogP) is 4.01. The number of hydrogen-bond acceptors (Lipinski definition) is 3. The standard InChI is InChI=1S/C14H18Cl2N2OS.ClH/c1-8-12(4-3-5-17-8)18-14(19)9-6-13(20-2)11(16)7-10(9)15;/h6-8,12,17H,3-5H2,1-2H3,(H,18,19);1H. The average molecular weight is 370 g/mol. The van der Waals surface area contributed by atoms with Crippen LogP contribution in [0.3, 0.4) is 0 Å². The van der Waals surface area contributed by atoms with Crippen molar-refractivity contribution in [2.75, 3.05) is 12.8 Å². The van der Waals surface area contributed by atoms with Gasteiger partial charge in [-0.2, -0.15) is 0 Å². The van der Waals surface area contributed by atoms with E-state index in [-0.39, 0.29) is 30.4 Å². The topological polar surface area (TPSA) is 41.1 Å². The smallest absolute Gasteiger partial charge is 0.253 e. The van der Waals surface area contributed by atoms with E-state index in [1.165, 1.54) is 11.8 Å². The third-order valence-corrected chi connectivity index (χ3v) is 5.08. The van der Waals surface area contributed by atoms with Crippen molar-refractivity contribution in [3.05, 3.63) is 27.7 Å². The highest BCUT2D eigenvalue weighted by Gasteiger charge is 2.24. The van der Waals surface area contributed by atoms with Crippen LogP contribution >= 0.6 is 47.4 Å². The van der Waals surface area contributed by atoms with Crippen molar-refractivity contribution < 1.29 is 4.79 Å². The van der Waals surface area contributed by atoms with Gasteiger partial charge in [-0.05, 0) is 44.7 Å². The van der Waals surface area contributed by atoms with Gasteiger partial charge in [-0.25, -0.2) is 0 Å². The van der Waals surface area contributed by atoms with Gasteiger partial charge in [0.05, 0.1) is 15.6 Å². The molecule has 118 valence electrons. The first kappa shape index (κ1) is 18.9. The number of thioether (sulfide) groups is 1. The molecule has 1 aromatic carbocycles. The fourth-order valence-electron chi connectivity index (χ4n) is 2.35. The molecule has 1 heterocycles. The van der Waals surface area contributed by atoms with E-state index in [0.717, 1.165) is 24.3 Å². The maximum absolute atomic E-state index is 12.4. The molecule has 0 radical (unpaired) electrons. The third kappa shape index (κ3) is 4.67. The number of hydrogen-bond donors (Lipinski definition) is 2. The van der Waals surface area contributed by atoms with Crippen LogP contribution in [0.15, 0.2) is 17.0 Å². The molecular weight excluding hydrogens is 351 g/mol. The number of piperidine rings is 1. The quantitative estimate of drug-likeness (QED) is 0.791. The largest absolute Gasteiger partial charge is 0.348 e. The Balaban J connectivity index is 0.00000220. The summed E-state index contributed by atoms with van der Waals surface area (Å²) in [5.41, 5.74) is 0.484. The van der Waals surface area contributed by atoms with Gasteiger partial charge in [-0.3, -0.25) is 4.79 Å². The number of benzene rings is 1. The van der Waals surface area contributed by atoms with Crippen LogP contribution in [0.5, 0.6) is 0 Å². The van der Waals surface area contributed by atoms with E-state index in [9.17, 15) is 4.79 Å². The first-order valence-corrected chi connectivity index (χ1v) is 8.58. The van der Waals surface area contributed by atoms with E-state index in [0.29, 0.717) is 15.6 Å². The molecule has 21 heavy (non-hydrogen) atoms. The number of carbonyl (C=O) groups excluding carboxylic acids is 1. The molecule has 0 saturated carbocycles. The summed E-state index contributed by atoms with van der Waals surface area (Å²) in [7, 11) is 0. The van der Waals surface area contributed by atoms with E-state index in [2.05, 4.69) is 17.6 Å². The van der Waals surface area contributed by atoms with Crippen LogP contribution < -0.4 is 10.6 Å². The number of nitrogens with one attached hydrogen (secondary N) is 2. The Kier molecular flexibility index (Phi) is 7.65. The van der Waals surface area contributed by atoms with Crippen LogP contribution in [0, 0.1) is 0 Å². The van der Waals surface area contributed by atoms with Crippen molar-refractivity contribution >= 4 is 53.3 Å². The molecule has 2 unspecified atom stereocenters. The van der Waals surface area contributed by atoms with Gasteiger partial charge in [-0.15, -0.1) is 24.2 Å². The minimum Gasteiger partial charge on any atom is -0.348 e. The number of amides is 1. The van der Waals surface area contributed by atoms with Crippen LogP contribution in [-0.2, 0) is 0 Å². The first-order chi connectivity index (χ1) is 9.52. The summed E-state index contributed by atoms with van der Waals surface area (Å²) in [6, 6.07) is 3.80. The average Bonchev–Trinajstić information content (AvgIpc) is 2.41. The van der Waals surface area contributed by atoms with Gasteiger partial charge in [0.1, 0.15) is 0 Å². The normalized spacial score (nSPS) is 21.5. The van der Waals surface area contributed by atoms with E-state index in [1.807, 2.05) is 6.26 Å². The molecule has 0 bridgehead atoms. The molecule has 0 aromatic heterocycles. The Morgan fingerprint density at radius 1 is 1.38 bits per heavy atom. The predicted molar refractivity (Wildman–Crippen MR) is 93.4 cm³/mol. The molecule has 1 amide bonds. The zero-order valence-corrected chi connectivity index (χ0v) is 15.1. The minimum atomic E-state index is -0.137. The van der Waals surface area contributed by atoms with Crippen molar-refractivity contribution in [3.8, 4) is 0 Å². The molecule has 1 aromatic rings. The highest BCUT2D eigenvalue weighted by atomic mass is 35.5. The number of rotatable bonds is 3. The van der Waals surface area contributed by atoms with Crippen molar-refractivity contribution in [3.63, 3.8) is 0 Å². The molecule has 0 aliphatic carbocycles. The number of halogens is 3. The Bertz CT molecular complexity index is 513. The zero-order valence-electron chi connectivity index (χ0n) is 11.9. The van der Waals surface area contributed by atoms with Crippen LogP contribution in [0.1, 0.15) is 30.1 Å². The molecule has 1 saturated heterocycles. The summed E-state index contributed by atoms with van der Waals surface area (Å²) in [4.78, 5) is 13.2. The molecule has 1 fully saturated rings. The van der Waals surface area contributed by atoms with Crippen LogP contribution in [0.4, 0.5) is 0 Å². The molecule has 2 rings (SSSR count). The highest BCUT2D eigenvalue weighted by molar-refractivity contribution is 7.98. The lowest BCUT2D eigenvalue weighted by molar-refractivity contribution is 0.0920. The maximum atomic E-state index is 12.4. The SMILES string of the molecule is CSc1cc(C(=O)NC2CCCNC2C)c(Cl)cc1Cl.Cl. The van der Waals surface area contributed by atoms with Crippen molar-refractivity contribution in [1.82, 2.24) is 10.6 Å². The molecular formula is C14H19Cl3N2OS. The van der Waals surface area contributed by atoms with Crippen molar-refractivity contribution in [1.29, 1.82) is 0 Å². The summed E-state index contributed by atoms with van der Waals surface area (Å²) < 4.78 is 0. The van der Waals surface area contributed by atoms with Gasteiger partial charge in [0.2, 0.25) is 0 Å². The summed E-state index contributed by atoms with van der Waals surface area (Å²) in [5.74, 6) is -0.137. The Labute approximate surface area is 145 Å². The summed E-state index contributed by atoms with van der Waals surface area (Å²) >= 11 is 13.7. The van der Waals surface area contributed by atoms with E-state index >= 15 is 0 Å². The van der Waals surface area contributed by atoms with Gasteiger partial charge >= 0.3 is 0 Å². The lowest BCUT2D eigenvalue weighted by Crippen LogP contribution is -2.51. The van der Waals surface area contributed by atoms with Gasteiger partial charge in [-0.1, -0.05) is 23.2 Å². The fourth-order valence-corrected chi connectivity index (χ4v) is 3.54. The maximum Gasteiger partial charge on any atom is 0.253 e. The van der Waals surface area contributed by atoms with Gasteiger partial charge in [0.15, 0.2) is 0 Å². The van der Waals surface area contributed by atoms with E-state index in [1.54, 1.807) is 12.1 Å². The van der Waals surface area contributed by atoms with Gasteiger partial charge in [0.25, 0.3) is 5.91 Å². The molecule has 1 aliphatic rings. The van der Waals surface area contributed by atoms with Gasteiger partial charge < -0.3 is 10.6 Å². The Hall–Kier alpha value is -0.130. The summed E-state index contributed by atoms with van der Waals surface area (Å²) in [5, 5.41) is 7.39. The molecule has 3 nitrogen and oxygen atoms in total. The van der Waals surface area contributed by atoms with Crippen LogP contribution in [0.25, 0.3) is 0 Å². The third-order valence-electron chi connectivity index (χ3n) is 3.56. The zero-order chi connectivity index (χ0) is 14.7. The first-order valence-electron chi connectivity index (χ1n) is 6.60. The monoisotopic (exact) mass is 368 g/mol. The molecule has 1 aliphatic heterocycles. The van der Waals surface area contributed by atoms with Crippen molar-refractivity contribution in [2.45, 2.75) is 36.7 Å². The molecule has 0 spiro atoms.